The van der Waals surface area contributed by atoms with Crippen molar-refractivity contribution < 1.29 is 58.3 Å². The molecule has 14 heteroatoms. The van der Waals surface area contributed by atoms with Crippen molar-refractivity contribution in [1.29, 1.82) is 0 Å². The van der Waals surface area contributed by atoms with E-state index in [2.05, 4.69) is 56.3 Å². The zero-order chi connectivity index (χ0) is 61.7. The average Bonchev–Trinajstić information content (AvgIpc) is 4.64. The molecular formula is C75H80N2O12. The van der Waals surface area contributed by atoms with Gasteiger partial charge >= 0.3 is 0 Å². The summed E-state index contributed by atoms with van der Waals surface area (Å²) in [4.78, 5) is 3.88. The highest BCUT2D eigenvalue weighted by atomic mass is 16.6. The van der Waals surface area contributed by atoms with Gasteiger partial charge in [0.05, 0.1) is 13.2 Å². The number of ether oxygens (including phenoxy) is 8. The SMILES string of the molecule is C/C(=C/c1ccc(OCC(O)CN(CC(O)COc2ccc(/C=C(\C)c3ccc(OCC4CO4)cc3)cc2)c2ccccc2)cc1)c1ccc(OCC(O)CN(CC(O)COc2ccc(/C=C(\C)c3ccc(OCC4CO4)cc3)cc2)c2ccccc2)cc1. The van der Waals surface area contributed by atoms with Crippen LogP contribution >= 0.6 is 0 Å². The van der Waals surface area contributed by atoms with E-state index in [1.165, 1.54) is 0 Å². The number of nitrogens with zero attached hydrogens (tertiary/aromatic N) is 2. The minimum absolute atomic E-state index is 0.0531. The van der Waals surface area contributed by atoms with Crippen molar-refractivity contribution in [2.24, 2.45) is 0 Å². The van der Waals surface area contributed by atoms with Crippen LogP contribution in [-0.4, -0.2) is 136 Å². The van der Waals surface area contributed by atoms with Crippen LogP contribution in [0.25, 0.3) is 34.9 Å². The highest BCUT2D eigenvalue weighted by Gasteiger charge is 2.24. The minimum Gasteiger partial charge on any atom is -0.491 e. The lowest BCUT2D eigenvalue weighted by molar-refractivity contribution is 0.0952. The number of aliphatic hydroxyl groups is 4. The van der Waals surface area contributed by atoms with Crippen LogP contribution in [0.5, 0.6) is 34.5 Å². The Morgan fingerprint density at radius 3 is 0.843 bits per heavy atom. The molecule has 2 aliphatic heterocycles. The van der Waals surface area contributed by atoms with Crippen LogP contribution in [0.2, 0.25) is 0 Å². The molecule has 0 radical (unpaired) electrons. The van der Waals surface area contributed by atoms with Crippen LogP contribution in [0.3, 0.4) is 0 Å². The molecule has 0 aliphatic carbocycles. The summed E-state index contributed by atoms with van der Waals surface area (Å²) < 4.78 is 46.2. The Morgan fingerprint density at radius 1 is 0.360 bits per heavy atom. The van der Waals surface area contributed by atoms with Crippen molar-refractivity contribution in [3.05, 3.63) is 240 Å². The molecule has 0 bridgehead atoms. The van der Waals surface area contributed by atoms with Gasteiger partial charge in [0, 0.05) is 37.6 Å². The van der Waals surface area contributed by atoms with Gasteiger partial charge in [0.1, 0.15) is 111 Å². The van der Waals surface area contributed by atoms with Crippen molar-refractivity contribution in [1.82, 2.24) is 0 Å². The first-order valence-corrected chi connectivity index (χ1v) is 30.4. The highest BCUT2D eigenvalue weighted by molar-refractivity contribution is 5.82. The molecule has 6 atom stereocenters. The van der Waals surface area contributed by atoms with Crippen LogP contribution in [0.1, 0.15) is 54.2 Å². The fraction of sp³-hybridized carbons (Fsp3) is 0.280. The molecule has 2 aliphatic rings. The molecule has 0 saturated carbocycles. The molecule has 8 aromatic rings. The number of hydrogen-bond acceptors (Lipinski definition) is 14. The summed E-state index contributed by atoms with van der Waals surface area (Å²) in [5.74, 6) is 4.20. The second kappa shape index (κ2) is 31.9. The summed E-state index contributed by atoms with van der Waals surface area (Å²) in [6, 6.07) is 66.6. The molecule has 0 aromatic heterocycles. The Labute approximate surface area is 522 Å². The predicted molar refractivity (Wildman–Crippen MR) is 353 cm³/mol. The Morgan fingerprint density at radius 2 is 0.596 bits per heavy atom. The van der Waals surface area contributed by atoms with Gasteiger partial charge in [-0.25, -0.2) is 0 Å². The van der Waals surface area contributed by atoms with E-state index in [-0.39, 0.29) is 64.8 Å². The molecule has 2 heterocycles. The van der Waals surface area contributed by atoms with Crippen LogP contribution in [0, 0.1) is 0 Å². The molecule has 462 valence electrons. The fourth-order valence-corrected chi connectivity index (χ4v) is 9.98. The van der Waals surface area contributed by atoms with Crippen LogP contribution in [0.4, 0.5) is 11.4 Å². The van der Waals surface area contributed by atoms with E-state index in [4.69, 9.17) is 37.9 Å². The smallest absolute Gasteiger partial charge is 0.119 e. The normalized spacial score (nSPS) is 16.1. The van der Waals surface area contributed by atoms with Gasteiger partial charge in [-0.3, -0.25) is 0 Å². The third-order valence-corrected chi connectivity index (χ3v) is 15.1. The van der Waals surface area contributed by atoms with E-state index in [0.717, 1.165) is 86.2 Å². The van der Waals surface area contributed by atoms with Crippen LogP contribution in [0.15, 0.2) is 206 Å². The minimum atomic E-state index is -0.855. The number of epoxide rings is 2. The van der Waals surface area contributed by atoms with Gasteiger partial charge in [0.25, 0.3) is 0 Å². The van der Waals surface area contributed by atoms with Gasteiger partial charge in [0.15, 0.2) is 0 Å². The first-order valence-electron chi connectivity index (χ1n) is 30.4. The number of anilines is 2. The lowest BCUT2D eigenvalue weighted by Gasteiger charge is -2.29. The molecule has 0 spiro atoms. The maximum atomic E-state index is 11.2. The lowest BCUT2D eigenvalue weighted by atomic mass is 10.0. The average molecular weight is 1200 g/mol. The van der Waals surface area contributed by atoms with Gasteiger partial charge in [0.2, 0.25) is 0 Å². The van der Waals surface area contributed by atoms with Gasteiger partial charge in [-0.15, -0.1) is 0 Å². The standard InChI is InChI=1S/C75H80N2O12/c1-53(59-20-32-71(33-21-59)85-48-67(81)44-77(63-12-8-5-9-13-63)43-66(80)47-84-70-30-18-58(19-31-70)40-55(3)61-24-36-73(37-25-61)87-50-75-52-89-75)38-56-14-26-68(27-15-56)82-45-64(78)41-76(62-10-6-4-7-11-62)42-65(79)46-83-69-28-16-57(17-29-69)39-54(2)60-22-34-72(35-23-60)86-49-74-51-88-74/h4-40,64-67,74-75,78-81H,41-52H2,1-3H3/b53-38-,54-39+,55-40+. The summed E-state index contributed by atoms with van der Waals surface area (Å²) in [7, 11) is 0. The Hall–Kier alpha value is -8.86. The van der Waals surface area contributed by atoms with E-state index >= 15 is 0 Å². The van der Waals surface area contributed by atoms with Crippen LogP contribution in [-0.2, 0) is 9.47 Å². The summed E-state index contributed by atoms with van der Waals surface area (Å²) in [5.41, 5.74) is 11.3. The quantitative estimate of drug-likeness (QED) is 0.0222. The number of aliphatic hydroxyl groups excluding tert-OH is 4. The topological polar surface area (TPSA) is 168 Å². The number of hydrogen-bond donors (Lipinski definition) is 4. The largest absolute Gasteiger partial charge is 0.491 e. The second-order valence-corrected chi connectivity index (χ2v) is 22.6. The Kier molecular flexibility index (Phi) is 22.6. The number of para-hydroxylation sites is 2. The van der Waals surface area contributed by atoms with E-state index in [1.54, 1.807) is 0 Å². The van der Waals surface area contributed by atoms with E-state index in [1.807, 2.05) is 199 Å². The maximum Gasteiger partial charge on any atom is 0.119 e. The maximum absolute atomic E-state index is 11.2. The van der Waals surface area contributed by atoms with Crippen molar-refractivity contribution in [3.63, 3.8) is 0 Å². The Balaban J connectivity index is 0.637. The molecule has 8 aromatic carbocycles. The third-order valence-electron chi connectivity index (χ3n) is 15.1. The number of rotatable bonds is 34. The molecule has 6 unspecified atom stereocenters. The molecule has 2 saturated heterocycles. The number of benzene rings is 8. The number of allylic oxidation sites excluding steroid dienone is 3. The summed E-state index contributed by atoms with van der Waals surface area (Å²) in [5, 5.41) is 44.8. The van der Waals surface area contributed by atoms with Gasteiger partial charge < -0.3 is 68.1 Å². The van der Waals surface area contributed by atoms with Crippen molar-refractivity contribution in [3.8, 4) is 34.5 Å². The van der Waals surface area contributed by atoms with Crippen molar-refractivity contribution in [2.75, 3.05) is 88.8 Å². The summed E-state index contributed by atoms with van der Waals surface area (Å²) >= 11 is 0. The van der Waals surface area contributed by atoms with Crippen LogP contribution < -0.4 is 38.2 Å². The fourth-order valence-electron chi connectivity index (χ4n) is 9.98. The second-order valence-electron chi connectivity index (χ2n) is 22.6. The van der Waals surface area contributed by atoms with Gasteiger partial charge in [-0.1, -0.05) is 127 Å². The van der Waals surface area contributed by atoms with Gasteiger partial charge in [-0.05, 0) is 168 Å². The third kappa shape index (κ3) is 20.6. The zero-order valence-corrected chi connectivity index (χ0v) is 50.8. The zero-order valence-electron chi connectivity index (χ0n) is 50.8. The monoisotopic (exact) mass is 1200 g/mol. The van der Waals surface area contributed by atoms with Gasteiger partial charge in [-0.2, -0.15) is 0 Å². The molecule has 10 rings (SSSR count). The van der Waals surface area contributed by atoms with E-state index in [9.17, 15) is 20.4 Å². The first-order chi connectivity index (χ1) is 43.4. The lowest BCUT2D eigenvalue weighted by Crippen LogP contribution is -2.41. The van der Waals surface area contributed by atoms with E-state index < -0.39 is 24.4 Å². The summed E-state index contributed by atoms with van der Waals surface area (Å²) in [6.45, 7) is 10.1. The molecule has 89 heavy (non-hydrogen) atoms. The Bertz CT molecular complexity index is 3500. The van der Waals surface area contributed by atoms with E-state index in [0.29, 0.717) is 36.2 Å². The first kappa shape index (κ1) is 63.2. The van der Waals surface area contributed by atoms with Crippen molar-refractivity contribution in [2.45, 2.75) is 57.4 Å². The molecule has 0 amide bonds. The predicted octanol–water partition coefficient (Wildman–Crippen LogP) is 12.3. The molecular weight excluding hydrogens is 1120 g/mol. The molecule has 14 nitrogen and oxygen atoms in total. The summed E-state index contributed by atoms with van der Waals surface area (Å²) in [6.07, 6.45) is 3.37. The highest BCUT2D eigenvalue weighted by Crippen LogP contribution is 2.28. The molecule has 2 fully saturated rings. The van der Waals surface area contributed by atoms with Crippen molar-refractivity contribution >= 4 is 46.3 Å². The molecule has 4 N–H and O–H groups in total.